The van der Waals surface area contributed by atoms with Gasteiger partial charge in [0.2, 0.25) is 0 Å². The summed E-state index contributed by atoms with van der Waals surface area (Å²) in [5, 5.41) is 0. The van der Waals surface area contributed by atoms with Crippen LogP contribution in [0.25, 0.3) is 0 Å². The van der Waals surface area contributed by atoms with Gasteiger partial charge in [0.15, 0.2) is 12.6 Å². The third-order valence-electron chi connectivity index (χ3n) is 1.78. The van der Waals surface area contributed by atoms with Crippen LogP contribution in [0, 0.1) is 0 Å². The first-order valence-corrected chi connectivity index (χ1v) is 5.99. The second kappa shape index (κ2) is 10.6. The lowest BCUT2D eigenvalue weighted by molar-refractivity contribution is -0.0786. The molecule has 0 heterocycles. The lowest BCUT2D eigenvalue weighted by Gasteiger charge is -2.15. The van der Waals surface area contributed by atoms with Gasteiger partial charge in [-0.25, -0.2) is 0 Å². The number of rotatable bonds is 10. The largest absolute Gasteiger partial charge is 0.491 e. The van der Waals surface area contributed by atoms with Gasteiger partial charge >= 0.3 is 5.95 Å². The zero-order valence-electron chi connectivity index (χ0n) is 10.9. The number of hydrogen-bond acceptors (Lipinski definition) is 4. The summed E-state index contributed by atoms with van der Waals surface area (Å²) in [7, 11) is 0. The van der Waals surface area contributed by atoms with E-state index in [4.69, 9.17) is 18.9 Å². The molecule has 0 unspecified atom stereocenters. The molecule has 0 aliphatic rings. The van der Waals surface area contributed by atoms with Gasteiger partial charge in [-0.1, -0.05) is 6.92 Å². The zero-order chi connectivity index (χ0) is 12.2. The smallest absolute Gasteiger partial charge is 0.321 e. The van der Waals surface area contributed by atoms with Crippen LogP contribution >= 0.6 is 0 Å². The van der Waals surface area contributed by atoms with Crippen molar-refractivity contribution in [2.45, 2.75) is 40.5 Å². The monoisotopic (exact) mass is 232 g/mol. The molecule has 0 aliphatic carbocycles. The molecule has 4 nitrogen and oxygen atoms in total. The van der Waals surface area contributed by atoms with Gasteiger partial charge < -0.3 is 18.9 Å². The lowest BCUT2D eigenvalue weighted by Crippen LogP contribution is -2.08. The molecule has 0 bridgehead atoms. The molecule has 0 fully saturated rings. The molecule has 0 aromatic rings. The molecule has 0 amide bonds. The van der Waals surface area contributed by atoms with E-state index in [1.54, 1.807) is 0 Å². The highest BCUT2D eigenvalue weighted by molar-refractivity contribution is 4.94. The first kappa shape index (κ1) is 15.1. The maximum Gasteiger partial charge on any atom is 0.321 e. The van der Waals surface area contributed by atoms with E-state index in [0.29, 0.717) is 25.8 Å². The Balaban J connectivity index is 4.41. The molecule has 96 valence electrons. The molecule has 0 rings (SSSR count). The second-order valence-corrected chi connectivity index (χ2v) is 3.08. The van der Waals surface area contributed by atoms with Crippen molar-refractivity contribution < 1.29 is 18.9 Å². The molecule has 0 atom stereocenters. The van der Waals surface area contributed by atoms with Crippen LogP contribution in [0.2, 0.25) is 0 Å². The summed E-state index contributed by atoms with van der Waals surface area (Å²) in [6.07, 6.45) is 1.80. The predicted octanol–water partition coefficient (Wildman–Crippen LogP) is 3.04. The van der Waals surface area contributed by atoms with Crippen LogP contribution in [-0.4, -0.2) is 26.6 Å². The van der Waals surface area contributed by atoms with Gasteiger partial charge in [0, 0.05) is 13.0 Å². The summed E-state index contributed by atoms with van der Waals surface area (Å²) in [5.74, 6) is 1.23. The van der Waals surface area contributed by atoms with Gasteiger partial charge in [-0.15, -0.1) is 0 Å². The second-order valence-electron chi connectivity index (χ2n) is 3.08. The molecule has 4 heteroatoms. The molecule has 0 saturated carbocycles. The van der Waals surface area contributed by atoms with Crippen LogP contribution in [0.15, 0.2) is 11.7 Å². The summed E-state index contributed by atoms with van der Waals surface area (Å²) in [5.41, 5.74) is 0. The number of allylic oxidation sites excluding steroid dienone is 1. The average molecular weight is 232 g/mol. The molecule has 0 aromatic carbocycles. The normalized spacial score (nSPS) is 12.0. The maximum atomic E-state index is 5.50. The highest BCUT2D eigenvalue weighted by atomic mass is 16.7. The van der Waals surface area contributed by atoms with Crippen molar-refractivity contribution in [2.75, 3.05) is 26.6 Å². The summed E-state index contributed by atoms with van der Waals surface area (Å²) >= 11 is 0. The first-order chi connectivity index (χ1) is 7.79. The van der Waals surface area contributed by atoms with Crippen molar-refractivity contribution in [3.63, 3.8) is 0 Å². The Labute approximate surface area is 98.5 Å². The van der Waals surface area contributed by atoms with Gasteiger partial charge in [0.25, 0.3) is 0 Å². The summed E-state index contributed by atoms with van der Waals surface area (Å²) in [6.45, 7) is 9.87. The molecule has 0 saturated heterocycles. The quantitative estimate of drug-likeness (QED) is 0.329. The minimum absolute atomic E-state index is 0.201. The topological polar surface area (TPSA) is 36.9 Å². The fourth-order valence-electron chi connectivity index (χ4n) is 1.15. The van der Waals surface area contributed by atoms with E-state index in [0.717, 1.165) is 18.6 Å². The highest BCUT2D eigenvalue weighted by Crippen LogP contribution is 2.15. The molecular weight excluding hydrogens is 208 g/mol. The van der Waals surface area contributed by atoms with E-state index in [1.807, 2.05) is 20.8 Å². The predicted molar refractivity (Wildman–Crippen MR) is 62.8 cm³/mol. The minimum atomic E-state index is 0.201. The highest BCUT2D eigenvalue weighted by Gasteiger charge is 2.10. The molecule has 0 aliphatic heterocycles. The van der Waals surface area contributed by atoms with Crippen LogP contribution in [-0.2, 0) is 18.9 Å². The number of ether oxygens (including phenoxy) is 4. The van der Waals surface area contributed by atoms with Gasteiger partial charge in [0.1, 0.15) is 0 Å². The Morgan fingerprint density at radius 1 is 0.812 bits per heavy atom. The standard InChI is InChI=1S/C12H24O4/c1-5-9-11(14-7-3)12(15-8-4)16-10-13-6-2/h5-10H2,1-4H3/b12-11-. The summed E-state index contributed by atoms with van der Waals surface area (Å²) in [6, 6.07) is 0. The molecule has 0 radical (unpaired) electrons. The molecule has 0 aromatic heterocycles. The zero-order valence-corrected chi connectivity index (χ0v) is 10.9. The third kappa shape index (κ3) is 6.56. The Kier molecular flexibility index (Phi) is 10.0. The Morgan fingerprint density at radius 3 is 2.00 bits per heavy atom. The van der Waals surface area contributed by atoms with E-state index >= 15 is 0 Å². The average Bonchev–Trinajstić information content (AvgIpc) is 2.28. The van der Waals surface area contributed by atoms with E-state index in [2.05, 4.69) is 6.92 Å². The van der Waals surface area contributed by atoms with Crippen molar-refractivity contribution in [3.05, 3.63) is 11.7 Å². The molecule has 0 spiro atoms. The van der Waals surface area contributed by atoms with Crippen molar-refractivity contribution in [1.29, 1.82) is 0 Å². The van der Waals surface area contributed by atoms with Crippen LogP contribution in [0.4, 0.5) is 0 Å². The SMILES string of the molecule is CCC/C(OCC)=C(\OCC)OCOCC. The van der Waals surface area contributed by atoms with Crippen LogP contribution in [0.5, 0.6) is 0 Å². The Hall–Kier alpha value is -0.900. The first-order valence-electron chi connectivity index (χ1n) is 5.99. The fourth-order valence-corrected chi connectivity index (χ4v) is 1.15. The van der Waals surface area contributed by atoms with E-state index in [9.17, 15) is 0 Å². The van der Waals surface area contributed by atoms with Gasteiger partial charge in [-0.05, 0) is 27.2 Å². The Morgan fingerprint density at radius 2 is 1.50 bits per heavy atom. The summed E-state index contributed by atoms with van der Waals surface area (Å²) in [4.78, 5) is 0. The van der Waals surface area contributed by atoms with E-state index in [1.165, 1.54) is 0 Å². The van der Waals surface area contributed by atoms with Gasteiger partial charge in [-0.2, -0.15) is 0 Å². The van der Waals surface area contributed by atoms with Gasteiger partial charge in [-0.3, -0.25) is 0 Å². The molecule has 16 heavy (non-hydrogen) atoms. The van der Waals surface area contributed by atoms with Crippen LogP contribution < -0.4 is 0 Å². The van der Waals surface area contributed by atoms with E-state index in [-0.39, 0.29) is 6.79 Å². The number of hydrogen-bond donors (Lipinski definition) is 0. The fraction of sp³-hybridized carbons (Fsp3) is 0.833. The summed E-state index contributed by atoms with van der Waals surface area (Å²) < 4.78 is 21.4. The van der Waals surface area contributed by atoms with E-state index < -0.39 is 0 Å². The van der Waals surface area contributed by atoms with Crippen molar-refractivity contribution in [2.24, 2.45) is 0 Å². The van der Waals surface area contributed by atoms with Crippen molar-refractivity contribution >= 4 is 0 Å². The minimum Gasteiger partial charge on any atom is -0.491 e. The van der Waals surface area contributed by atoms with Crippen molar-refractivity contribution in [1.82, 2.24) is 0 Å². The Bertz CT molecular complexity index is 181. The molecular formula is C12H24O4. The third-order valence-corrected chi connectivity index (χ3v) is 1.78. The van der Waals surface area contributed by atoms with Crippen LogP contribution in [0.3, 0.4) is 0 Å². The van der Waals surface area contributed by atoms with Crippen LogP contribution in [0.1, 0.15) is 40.5 Å². The lowest BCUT2D eigenvalue weighted by atomic mass is 10.3. The molecule has 0 N–H and O–H groups in total. The van der Waals surface area contributed by atoms with Gasteiger partial charge in [0.05, 0.1) is 13.2 Å². The maximum absolute atomic E-state index is 5.50. The van der Waals surface area contributed by atoms with Crippen molar-refractivity contribution in [3.8, 4) is 0 Å².